The van der Waals surface area contributed by atoms with E-state index in [9.17, 15) is 10.2 Å². The third kappa shape index (κ3) is 3.91. The summed E-state index contributed by atoms with van der Waals surface area (Å²) in [4.78, 5) is 0. The zero-order valence-electron chi connectivity index (χ0n) is 10.4. The first-order chi connectivity index (χ1) is 8.00. The average Bonchev–Trinajstić information content (AvgIpc) is 2.32. The number of rotatable bonds is 6. The van der Waals surface area contributed by atoms with Gasteiger partial charge in [0, 0.05) is 24.7 Å². The van der Waals surface area contributed by atoms with Crippen LogP contribution in [-0.4, -0.2) is 27.5 Å². The number of hydrogen-bond donors (Lipinski definition) is 4. The van der Waals surface area contributed by atoms with Crippen molar-refractivity contribution in [2.45, 2.75) is 38.8 Å². The van der Waals surface area contributed by atoms with Crippen LogP contribution in [0.4, 0.5) is 0 Å². The molecule has 1 rings (SSSR count). The van der Waals surface area contributed by atoms with Crippen molar-refractivity contribution < 1.29 is 15.3 Å². The Morgan fingerprint density at radius 3 is 2.35 bits per heavy atom. The van der Waals surface area contributed by atoms with E-state index < -0.39 is 5.60 Å². The maximum absolute atomic E-state index is 10.1. The number of benzene rings is 1. The van der Waals surface area contributed by atoms with E-state index >= 15 is 0 Å². The van der Waals surface area contributed by atoms with Gasteiger partial charge in [0.2, 0.25) is 0 Å². The lowest BCUT2D eigenvalue weighted by Crippen LogP contribution is -2.39. The average molecular weight is 239 g/mol. The molecule has 0 aliphatic heterocycles. The molecule has 0 spiro atoms. The zero-order chi connectivity index (χ0) is 12.9. The molecule has 0 fully saturated rings. The molecule has 0 aliphatic carbocycles. The highest BCUT2D eigenvalue weighted by Gasteiger charge is 2.21. The van der Waals surface area contributed by atoms with Crippen LogP contribution in [0.3, 0.4) is 0 Å². The summed E-state index contributed by atoms with van der Waals surface area (Å²) in [5.41, 5.74) is 0.0179. The number of phenolic OH excluding ortho intramolecular Hbond substituents is 2. The first-order valence-electron chi connectivity index (χ1n) is 5.94. The second-order valence-corrected chi connectivity index (χ2v) is 4.35. The van der Waals surface area contributed by atoms with Crippen LogP contribution in [0.1, 0.15) is 32.3 Å². The minimum absolute atomic E-state index is 0.0462. The van der Waals surface area contributed by atoms with Crippen LogP contribution < -0.4 is 5.32 Å². The van der Waals surface area contributed by atoms with Gasteiger partial charge in [-0.25, -0.2) is 0 Å². The lowest BCUT2D eigenvalue weighted by atomic mass is 9.97. The number of aliphatic hydroxyl groups is 1. The van der Waals surface area contributed by atoms with E-state index in [1.165, 1.54) is 12.1 Å². The minimum atomic E-state index is -0.688. The molecule has 0 amide bonds. The normalized spacial score (nSPS) is 11.7. The van der Waals surface area contributed by atoms with E-state index in [-0.39, 0.29) is 11.5 Å². The maximum atomic E-state index is 10.1. The smallest absolute Gasteiger partial charge is 0.123 e. The quantitative estimate of drug-likeness (QED) is 0.610. The van der Waals surface area contributed by atoms with Crippen molar-refractivity contribution in [1.82, 2.24) is 5.32 Å². The van der Waals surface area contributed by atoms with E-state index in [2.05, 4.69) is 5.32 Å². The molecule has 0 saturated heterocycles. The SMILES string of the molecule is CCC(O)(CC)CNCc1ccc(O)cc1O. The molecule has 0 heterocycles. The minimum Gasteiger partial charge on any atom is -0.508 e. The summed E-state index contributed by atoms with van der Waals surface area (Å²) in [6.45, 7) is 4.85. The number of aromatic hydroxyl groups is 2. The van der Waals surface area contributed by atoms with Crippen molar-refractivity contribution in [3.63, 3.8) is 0 Å². The molecule has 96 valence electrons. The molecular formula is C13H21NO3. The topological polar surface area (TPSA) is 72.7 Å². The summed E-state index contributed by atoms with van der Waals surface area (Å²) in [5, 5.41) is 31.9. The van der Waals surface area contributed by atoms with Crippen LogP contribution in [0.15, 0.2) is 18.2 Å². The van der Waals surface area contributed by atoms with Crippen molar-refractivity contribution in [1.29, 1.82) is 0 Å². The second-order valence-electron chi connectivity index (χ2n) is 4.35. The van der Waals surface area contributed by atoms with E-state index in [4.69, 9.17) is 5.11 Å². The molecule has 1 aromatic rings. The van der Waals surface area contributed by atoms with Gasteiger partial charge in [0.25, 0.3) is 0 Å². The highest BCUT2D eigenvalue weighted by Crippen LogP contribution is 2.22. The van der Waals surface area contributed by atoms with Gasteiger partial charge in [0.15, 0.2) is 0 Å². The van der Waals surface area contributed by atoms with E-state index in [0.29, 0.717) is 31.5 Å². The maximum Gasteiger partial charge on any atom is 0.123 e. The highest BCUT2D eigenvalue weighted by molar-refractivity contribution is 5.38. The fourth-order valence-corrected chi connectivity index (χ4v) is 1.63. The summed E-state index contributed by atoms with van der Waals surface area (Å²) < 4.78 is 0. The molecule has 0 saturated carbocycles. The van der Waals surface area contributed by atoms with Gasteiger partial charge in [-0.1, -0.05) is 19.9 Å². The van der Waals surface area contributed by atoms with Crippen LogP contribution >= 0.6 is 0 Å². The molecule has 17 heavy (non-hydrogen) atoms. The number of hydrogen-bond acceptors (Lipinski definition) is 4. The van der Waals surface area contributed by atoms with Crippen molar-refractivity contribution in [3.8, 4) is 11.5 Å². The third-order valence-corrected chi connectivity index (χ3v) is 3.15. The van der Waals surface area contributed by atoms with Crippen LogP contribution in [0.2, 0.25) is 0 Å². The Morgan fingerprint density at radius 2 is 1.82 bits per heavy atom. The van der Waals surface area contributed by atoms with E-state index in [1.807, 2.05) is 13.8 Å². The molecule has 0 bridgehead atoms. The Balaban J connectivity index is 2.51. The summed E-state index contributed by atoms with van der Waals surface area (Å²) in [6.07, 6.45) is 1.39. The molecule has 0 aliphatic rings. The Bertz CT molecular complexity index is 362. The molecule has 0 radical (unpaired) electrons. The number of phenols is 2. The molecule has 0 atom stereocenters. The van der Waals surface area contributed by atoms with Gasteiger partial charge >= 0.3 is 0 Å². The summed E-state index contributed by atoms with van der Waals surface area (Å²) in [5.74, 6) is 0.110. The van der Waals surface area contributed by atoms with Crippen LogP contribution in [0.25, 0.3) is 0 Å². The number of nitrogens with one attached hydrogen (secondary N) is 1. The van der Waals surface area contributed by atoms with Gasteiger partial charge < -0.3 is 20.6 Å². The zero-order valence-corrected chi connectivity index (χ0v) is 10.4. The molecule has 4 nitrogen and oxygen atoms in total. The lowest BCUT2D eigenvalue weighted by Gasteiger charge is -2.25. The second kappa shape index (κ2) is 5.89. The van der Waals surface area contributed by atoms with Gasteiger partial charge in [-0.05, 0) is 18.9 Å². The lowest BCUT2D eigenvalue weighted by molar-refractivity contribution is 0.0322. The van der Waals surface area contributed by atoms with Gasteiger partial charge in [-0.15, -0.1) is 0 Å². The van der Waals surface area contributed by atoms with E-state index in [0.717, 1.165) is 0 Å². The monoisotopic (exact) mass is 239 g/mol. The Hall–Kier alpha value is -1.26. The van der Waals surface area contributed by atoms with Crippen molar-refractivity contribution >= 4 is 0 Å². The summed E-state index contributed by atoms with van der Waals surface area (Å²) in [7, 11) is 0. The van der Waals surface area contributed by atoms with Crippen LogP contribution in [0, 0.1) is 0 Å². The fourth-order valence-electron chi connectivity index (χ4n) is 1.63. The van der Waals surface area contributed by atoms with Crippen molar-refractivity contribution in [2.75, 3.05) is 6.54 Å². The predicted octanol–water partition coefficient (Wildman–Crippen LogP) is 1.74. The van der Waals surface area contributed by atoms with Gasteiger partial charge in [0.05, 0.1) is 5.60 Å². The molecule has 4 heteroatoms. The molecule has 1 aromatic carbocycles. The standard InChI is InChI=1S/C13H21NO3/c1-3-13(17,4-2)9-14-8-10-5-6-11(15)7-12(10)16/h5-7,14-17H,3-4,8-9H2,1-2H3. The first kappa shape index (κ1) is 13.8. The molecule has 4 N–H and O–H groups in total. The first-order valence-corrected chi connectivity index (χ1v) is 5.94. The van der Waals surface area contributed by atoms with Crippen LogP contribution in [0.5, 0.6) is 11.5 Å². The van der Waals surface area contributed by atoms with Gasteiger partial charge in [0.1, 0.15) is 11.5 Å². The van der Waals surface area contributed by atoms with Crippen molar-refractivity contribution in [3.05, 3.63) is 23.8 Å². The Kier molecular flexibility index (Phi) is 4.78. The fraction of sp³-hybridized carbons (Fsp3) is 0.538. The molecular weight excluding hydrogens is 218 g/mol. The van der Waals surface area contributed by atoms with Gasteiger partial charge in [-0.2, -0.15) is 0 Å². The van der Waals surface area contributed by atoms with Crippen LogP contribution in [-0.2, 0) is 6.54 Å². The molecule has 0 unspecified atom stereocenters. The Labute approximate surface area is 102 Å². The predicted molar refractivity (Wildman–Crippen MR) is 67.0 cm³/mol. The largest absolute Gasteiger partial charge is 0.508 e. The van der Waals surface area contributed by atoms with Gasteiger partial charge in [-0.3, -0.25) is 0 Å². The van der Waals surface area contributed by atoms with Crippen molar-refractivity contribution in [2.24, 2.45) is 0 Å². The van der Waals surface area contributed by atoms with E-state index in [1.54, 1.807) is 6.07 Å². The summed E-state index contributed by atoms with van der Waals surface area (Å²) in [6, 6.07) is 4.50. The highest BCUT2D eigenvalue weighted by atomic mass is 16.3. The Morgan fingerprint density at radius 1 is 1.18 bits per heavy atom. The summed E-state index contributed by atoms with van der Waals surface area (Å²) >= 11 is 0. The molecule has 0 aromatic heterocycles. The third-order valence-electron chi connectivity index (χ3n) is 3.15.